The number of halogens is 1. The summed E-state index contributed by atoms with van der Waals surface area (Å²) in [4.78, 5) is 37.5. The summed E-state index contributed by atoms with van der Waals surface area (Å²) in [5, 5.41) is 9.67. The molecule has 1 fully saturated rings. The topological polar surface area (TPSA) is 88.9 Å². The molecule has 0 aliphatic carbocycles. The molecule has 3 aliphatic heterocycles. The number of carbonyl (C=O) groups is 2. The number of urea groups is 1. The van der Waals surface area contributed by atoms with E-state index in [2.05, 4.69) is 0 Å². The lowest BCUT2D eigenvalue weighted by molar-refractivity contribution is -0.136. The third-order valence-corrected chi connectivity index (χ3v) is 6.51. The molecule has 2 aromatic carbocycles. The number of methoxy groups -OCH3 is 1. The first-order chi connectivity index (χ1) is 16.5. The van der Waals surface area contributed by atoms with Crippen LogP contribution in [0.2, 0.25) is 5.02 Å². The smallest absolute Gasteiger partial charge is 0.328 e. The zero-order valence-corrected chi connectivity index (χ0v) is 19.5. The van der Waals surface area contributed by atoms with E-state index in [1.165, 1.54) is 9.80 Å². The van der Waals surface area contributed by atoms with Gasteiger partial charge in [-0.2, -0.15) is 0 Å². The number of rotatable bonds is 6. The summed E-state index contributed by atoms with van der Waals surface area (Å²) in [5.74, 6) is 0.749. The molecular weight excluding hydrogens is 458 g/mol. The summed E-state index contributed by atoms with van der Waals surface area (Å²) >= 11 is 6.44. The van der Waals surface area contributed by atoms with Crippen LogP contribution in [0, 0.1) is 0 Å². The Balaban J connectivity index is 1.60. The predicted octanol–water partition coefficient (Wildman–Crippen LogP) is 2.81. The first-order valence-electron chi connectivity index (χ1n) is 10.9. The van der Waals surface area contributed by atoms with E-state index in [9.17, 15) is 14.7 Å². The number of benzene rings is 2. The highest BCUT2D eigenvalue weighted by Gasteiger charge is 2.54. The third kappa shape index (κ3) is 3.39. The Labute approximate surface area is 202 Å². The highest BCUT2D eigenvalue weighted by Crippen LogP contribution is 2.41. The molecule has 1 N–H and O–H groups in total. The van der Waals surface area contributed by atoms with Crippen LogP contribution in [0.25, 0.3) is 5.70 Å². The van der Waals surface area contributed by atoms with Gasteiger partial charge in [0.2, 0.25) is 5.96 Å². The quantitative estimate of drug-likeness (QED) is 0.682. The number of aliphatic hydroxyl groups excluding tert-OH is 1. The van der Waals surface area contributed by atoms with E-state index in [1.54, 1.807) is 26.3 Å². The number of hydrogen-bond acceptors (Lipinski definition) is 7. The van der Waals surface area contributed by atoms with Crippen LogP contribution in [0.4, 0.5) is 10.5 Å². The van der Waals surface area contributed by atoms with Crippen LogP contribution < -0.4 is 9.64 Å². The van der Waals surface area contributed by atoms with E-state index in [0.29, 0.717) is 23.2 Å². The van der Waals surface area contributed by atoms with Gasteiger partial charge in [-0.25, -0.2) is 9.79 Å². The number of carbonyl (C=O) groups excluding carboxylic acids is 2. The first kappa shape index (κ1) is 22.2. The zero-order chi connectivity index (χ0) is 24.0. The fourth-order valence-corrected chi connectivity index (χ4v) is 4.78. The van der Waals surface area contributed by atoms with Crippen molar-refractivity contribution in [2.45, 2.75) is 18.6 Å². The Bertz CT molecular complexity index is 1200. The van der Waals surface area contributed by atoms with Gasteiger partial charge in [0.25, 0.3) is 5.91 Å². The maximum atomic E-state index is 13.4. The van der Waals surface area contributed by atoms with Gasteiger partial charge < -0.3 is 14.7 Å². The van der Waals surface area contributed by atoms with Crippen molar-refractivity contribution in [2.24, 2.45) is 4.99 Å². The number of aliphatic imine (C=N–C) groups is 1. The molecule has 2 unspecified atom stereocenters. The number of guanidine groups is 1. The zero-order valence-electron chi connectivity index (χ0n) is 18.8. The SMILES string of the molecule is COc1ccc(N2C(c3ccccc3)=CN3C2=NC2C3C(=O)N(CCCO)C(=O)N2C)cc1Cl. The summed E-state index contributed by atoms with van der Waals surface area (Å²) in [7, 11) is 3.20. The van der Waals surface area contributed by atoms with Crippen LogP contribution in [0.3, 0.4) is 0 Å². The predicted molar refractivity (Wildman–Crippen MR) is 128 cm³/mol. The average molecular weight is 482 g/mol. The number of aliphatic hydroxyl groups is 1. The number of hydrogen-bond donors (Lipinski definition) is 1. The second kappa shape index (κ2) is 8.66. The molecule has 10 heteroatoms. The van der Waals surface area contributed by atoms with E-state index in [4.69, 9.17) is 21.3 Å². The molecule has 9 nitrogen and oxygen atoms in total. The highest BCUT2D eigenvalue weighted by atomic mass is 35.5. The van der Waals surface area contributed by atoms with E-state index in [1.807, 2.05) is 52.4 Å². The molecule has 5 rings (SSSR count). The van der Waals surface area contributed by atoms with Crippen LogP contribution in [-0.2, 0) is 4.79 Å². The van der Waals surface area contributed by atoms with Crippen molar-refractivity contribution < 1.29 is 19.4 Å². The molecule has 3 amide bonds. The second-order valence-electron chi connectivity index (χ2n) is 8.19. The molecule has 3 heterocycles. The minimum atomic E-state index is -0.700. The molecule has 3 aliphatic rings. The number of fused-ring (bicyclic) bond motifs is 3. The van der Waals surface area contributed by atoms with Crippen molar-refractivity contribution >= 4 is 40.9 Å². The standard InChI is InChI=1S/C24H24ClN5O4/c1-27-21-20(22(32)28(24(27)33)11-6-12-31)29-14-18(15-7-4-3-5-8-15)30(23(29)26-21)16-9-10-19(34-2)17(25)13-16/h3-5,7-10,13-14,20-21,31H,6,11-12H2,1-2H3. The number of likely N-dealkylation sites (N-methyl/N-ethyl adjacent to an activating group) is 1. The molecule has 0 aromatic heterocycles. The van der Waals surface area contributed by atoms with Crippen LogP contribution in [0.5, 0.6) is 5.75 Å². The number of nitrogens with zero attached hydrogens (tertiary/aromatic N) is 5. The van der Waals surface area contributed by atoms with Crippen molar-refractivity contribution in [1.82, 2.24) is 14.7 Å². The second-order valence-corrected chi connectivity index (χ2v) is 8.60. The van der Waals surface area contributed by atoms with Gasteiger partial charge in [-0.05, 0) is 24.6 Å². The number of anilines is 1. The van der Waals surface area contributed by atoms with Gasteiger partial charge in [-0.3, -0.25) is 19.5 Å². The van der Waals surface area contributed by atoms with Gasteiger partial charge in [0.05, 0.1) is 23.5 Å². The molecule has 0 saturated carbocycles. The lowest BCUT2D eigenvalue weighted by atomic mass is 10.1. The fraction of sp³-hybridized carbons (Fsp3) is 0.292. The summed E-state index contributed by atoms with van der Waals surface area (Å²) in [5.41, 5.74) is 2.51. The molecule has 176 valence electrons. The fourth-order valence-electron chi connectivity index (χ4n) is 4.53. The van der Waals surface area contributed by atoms with E-state index in [-0.39, 0.29) is 19.1 Å². The molecule has 2 aromatic rings. The normalized spacial score (nSPS) is 21.5. The Morgan fingerprint density at radius 1 is 1.15 bits per heavy atom. The minimum absolute atomic E-state index is 0.107. The number of ether oxygens (including phenoxy) is 1. The largest absolute Gasteiger partial charge is 0.495 e. The average Bonchev–Trinajstić information content (AvgIpc) is 3.40. The Morgan fingerprint density at radius 3 is 2.59 bits per heavy atom. The molecule has 34 heavy (non-hydrogen) atoms. The Morgan fingerprint density at radius 2 is 1.91 bits per heavy atom. The Kier molecular flexibility index (Phi) is 5.66. The van der Waals surface area contributed by atoms with Crippen molar-refractivity contribution in [3.05, 3.63) is 65.3 Å². The van der Waals surface area contributed by atoms with Gasteiger partial charge >= 0.3 is 6.03 Å². The highest BCUT2D eigenvalue weighted by molar-refractivity contribution is 6.32. The van der Waals surface area contributed by atoms with Crippen LogP contribution in [0.1, 0.15) is 12.0 Å². The molecular formula is C24H24ClN5O4. The van der Waals surface area contributed by atoms with E-state index in [0.717, 1.165) is 16.9 Å². The van der Waals surface area contributed by atoms with E-state index < -0.39 is 18.2 Å². The maximum absolute atomic E-state index is 13.4. The lowest BCUT2D eigenvalue weighted by Gasteiger charge is -2.40. The van der Waals surface area contributed by atoms with Crippen molar-refractivity contribution in [3.63, 3.8) is 0 Å². The molecule has 1 saturated heterocycles. The summed E-state index contributed by atoms with van der Waals surface area (Å²) in [6.45, 7) is 0.0440. The van der Waals surface area contributed by atoms with Crippen molar-refractivity contribution in [1.29, 1.82) is 0 Å². The monoisotopic (exact) mass is 481 g/mol. The van der Waals surface area contributed by atoms with Crippen LogP contribution >= 0.6 is 11.6 Å². The Hall–Kier alpha value is -3.56. The summed E-state index contributed by atoms with van der Waals surface area (Å²) in [6, 6.07) is 14.1. The third-order valence-electron chi connectivity index (χ3n) is 6.21. The molecule has 0 radical (unpaired) electrons. The summed E-state index contributed by atoms with van der Waals surface area (Å²) in [6.07, 6.45) is 1.55. The van der Waals surface area contributed by atoms with Gasteiger partial charge in [-0.15, -0.1) is 0 Å². The van der Waals surface area contributed by atoms with Crippen LogP contribution in [0.15, 0.2) is 59.7 Å². The van der Waals surface area contributed by atoms with Crippen LogP contribution in [-0.4, -0.2) is 77.2 Å². The van der Waals surface area contributed by atoms with Crippen molar-refractivity contribution in [2.75, 3.05) is 32.2 Å². The van der Waals surface area contributed by atoms with Gasteiger partial charge in [-0.1, -0.05) is 41.9 Å². The van der Waals surface area contributed by atoms with Gasteiger partial charge in [0.15, 0.2) is 12.2 Å². The van der Waals surface area contributed by atoms with E-state index >= 15 is 0 Å². The van der Waals surface area contributed by atoms with Crippen molar-refractivity contribution in [3.8, 4) is 5.75 Å². The molecule has 0 bridgehead atoms. The first-order valence-corrected chi connectivity index (χ1v) is 11.3. The van der Waals surface area contributed by atoms with Gasteiger partial charge in [0, 0.05) is 32.0 Å². The van der Waals surface area contributed by atoms with Gasteiger partial charge in [0.1, 0.15) is 5.75 Å². The minimum Gasteiger partial charge on any atom is -0.495 e. The molecule has 2 atom stereocenters. The number of imide groups is 1. The number of amides is 3. The summed E-state index contributed by atoms with van der Waals surface area (Å²) < 4.78 is 5.30. The molecule has 0 spiro atoms. The maximum Gasteiger partial charge on any atom is 0.328 e. The lowest BCUT2D eigenvalue weighted by Crippen LogP contribution is -2.64.